The maximum atomic E-state index is 12.5. The number of carbonyl (C=O) groups is 1. The van der Waals surface area contributed by atoms with Crippen molar-refractivity contribution in [2.45, 2.75) is 46.5 Å². The van der Waals surface area contributed by atoms with Crippen LogP contribution in [0.25, 0.3) is 0 Å². The van der Waals surface area contributed by atoms with E-state index in [2.05, 4.69) is 37.8 Å². The Morgan fingerprint density at radius 2 is 2.00 bits per heavy atom. The highest BCUT2D eigenvalue weighted by Gasteiger charge is 2.32. The lowest BCUT2D eigenvalue weighted by atomic mass is 9.80. The molecule has 1 fully saturated rings. The van der Waals surface area contributed by atoms with E-state index in [1.807, 2.05) is 6.07 Å². The van der Waals surface area contributed by atoms with E-state index >= 15 is 0 Å². The standard InChI is InChI=1S/C19H27NO/c1-19(2,3)17-9-10-20(12-17)13-18(21)16-8-7-14-5-4-6-15(14)11-16/h7-8,11,17H,4-6,9-10,12-13H2,1-3H3. The Bertz CT molecular complexity index is 541. The SMILES string of the molecule is CC(C)(C)C1CCN(CC(=O)c2ccc3c(c2)CCC3)C1. The third kappa shape index (κ3) is 3.21. The van der Waals surface area contributed by atoms with Crippen LogP contribution in [0.1, 0.15) is 55.1 Å². The Hall–Kier alpha value is -1.15. The maximum absolute atomic E-state index is 12.5. The van der Waals surface area contributed by atoms with Gasteiger partial charge in [-0.25, -0.2) is 0 Å². The van der Waals surface area contributed by atoms with E-state index in [0.29, 0.717) is 23.7 Å². The predicted molar refractivity (Wildman–Crippen MR) is 86.8 cm³/mol. The van der Waals surface area contributed by atoms with Gasteiger partial charge in [0.2, 0.25) is 0 Å². The van der Waals surface area contributed by atoms with Crippen molar-refractivity contribution in [1.82, 2.24) is 4.90 Å². The van der Waals surface area contributed by atoms with Crippen LogP contribution in [0.5, 0.6) is 0 Å². The van der Waals surface area contributed by atoms with Crippen LogP contribution in [-0.4, -0.2) is 30.3 Å². The largest absolute Gasteiger partial charge is 0.295 e. The van der Waals surface area contributed by atoms with Gasteiger partial charge in [0.1, 0.15) is 0 Å². The fourth-order valence-electron chi connectivity index (χ4n) is 3.72. The minimum atomic E-state index is 0.291. The molecule has 2 aliphatic rings. The van der Waals surface area contributed by atoms with E-state index < -0.39 is 0 Å². The summed E-state index contributed by atoms with van der Waals surface area (Å²) in [6.07, 6.45) is 4.79. The number of likely N-dealkylation sites (tertiary alicyclic amines) is 1. The number of hydrogen-bond donors (Lipinski definition) is 0. The van der Waals surface area contributed by atoms with Crippen LogP contribution >= 0.6 is 0 Å². The van der Waals surface area contributed by atoms with E-state index in [9.17, 15) is 4.79 Å². The normalized spacial score (nSPS) is 22.5. The average Bonchev–Trinajstić information content (AvgIpc) is 3.04. The van der Waals surface area contributed by atoms with Crippen molar-refractivity contribution in [2.75, 3.05) is 19.6 Å². The first-order valence-corrected chi connectivity index (χ1v) is 8.31. The second kappa shape index (κ2) is 5.57. The molecule has 1 atom stereocenters. The topological polar surface area (TPSA) is 20.3 Å². The zero-order valence-electron chi connectivity index (χ0n) is 13.6. The van der Waals surface area contributed by atoms with Crippen molar-refractivity contribution in [1.29, 1.82) is 0 Å². The second-order valence-electron chi connectivity index (χ2n) is 7.85. The van der Waals surface area contributed by atoms with Crippen molar-refractivity contribution in [3.05, 3.63) is 34.9 Å². The van der Waals surface area contributed by atoms with E-state index in [4.69, 9.17) is 0 Å². The molecule has 3 rings (SSSR count). The molecule has 0 bridgehead atoms. The molecule has 1 saturated heterocycles. The highest BCUT2D eigenvalue weighted by atomic mass is 16.1. The predicted octanol–water partition coefficient (Wildman–Crippen LogP) is 3.73. The van der Waals surface area contributed by atoms with E-state index in [0.717, 1.165) is 25.1 Å². The first-order chi connectivity index (χ1) is 9.93. The number of rotatable bonds is 3. The van der Waals surface area contributed by atoms with Gasteiger partial charge in [0.15, 0.2) is 5.78 Å². The van der Waals surface area contributed by atoms with Crippen LogP contribution in [0.2, 0.25) is 0 Å². The van der Waals surface area contributed by atoms with Gasteiger partial charge >= 0.3 is 0 Å². The van der Waals surface area contributed by atoms with E-state index in [-0.39, 0.29) is 0 Å². The van der Waals surface area contributed by atoms with E-state index in [1.165, 1.54) is 30.4 Å². The molecule has 1 aliphatic carbocycles. The number of benzene rings is 1. The van der Waals surface area contributed by atoms with Gasteiger partial charge in [-0.2, -0.15) is 0 Å². The quantitative estimate of drug-likeness (QED) is 0.789. The molecule has 0 amide bonds. The molecule has 1 aromatic carbocycles. The highest BCUT2D eigenvalue weighted by Crippen LogP contribution is 2.33. The number of ketones is 1. The first-order valence-electron chi connectivity index (χ1n) is 8.31. The summed E-state index contributed by atoms with van der Waals surface area (Å²) in [5, 5.41) is 0. The van der Waals surface area contributed by atoms with Crippen LogP contribution in [0.4, 0.5) is 0 Å². The summed E-state index contributed by atoms with van der Waals surface area (Å²) in [6.45, 7) is 9.65. The van der Waals surface area contributed by atoms with Gasteiger partial charge in [0.25, 0.3) is 0 Å². The molecule has 0 spiro atoms. The van der Waals surface area contributed by atoms with Gasteiger partial charge in [-0.1, -0.05) is 32.9 Å². The van der Waals surface area contributed by atoms with Gasteiger partial charge in [0, 0.05) is 12.1 Å². The van der Waals surface area contributed by atoms with Crippen LogP contribution in [0.3, 0.4) is 0 Å². The fourth-order valence-corrected chi connectivity index (χ4v) is 3.72. The lowest BCUT2D eigenvalue weighted by Gasteiger charge is -2.27. The molecule has 2 nitrogen and oxygen atoms in total. The number of aryl methyl sites for hydroxylation is 2. The molecule has 1 unspecified atom stereocenters. The molecule has 0 radical (unpaired) electrons. The first kappa shape index (κ1) is 14.8. The maximum Gasteiger partial charge on any atom is 0.176 e. The molecule has 1 aromatic rings. The van der Waals surface area contributed by atoms with Gasteiger partial charge < -0.3 is 0 Å². The second-order valence-corrected chi connectivity index (χ2v) is 7.85. The van der Waals surface area contributed by atoms with Crippen molar-refractivity contribution in [2.24, 2.45) is 11.3 Å². The van der Waals surface area contributed by atoms with Crippen molar-refractivity contribution in [3.8, 4) is 0 Å². The average molecular weight is 285 g/mol. The summed E-state index contributed by atoms with van der Waals surface area (Å²) < 4.78 is 0. The van der Waals surface area contributed by atoms with E-state index in [1.54, 1.807) is 0 Å². The van der Waals surface area contributed by atoms with Gasteiger partial charge in [0.05, 0.1) is 6.54 Å². The summed E-state index contributed by atoms with van der Waals surface area (Å²) >= 11 is 0. The molecule has 114 valence electrons. The Morgan fingerprint density at radius 1 is 1.24 bits per heavy atom. The Labute approximate surface area is 128 Å². The Kier molecular flexibility index (Phi) is 3.92. The third-order valence-corrected chi connectivity index (χ3v) is 5.28. The number of Topliss-reactive ketones (excluding diaryl/α,β-unsaturated/α-hetero) is 1. The summed E-state index contributed by atoms with van der Waals surface area (Å²) in [4.78, 5) is 14.9. The molecule has 0 N–H and O–H groups in total. The zero-order valence-corrected chi connectivity index (χ0v) is 13.6. The number of carbonyl (C=O) groups excluding carboxylic acids is 1. The van der Waals surface area contributed by atoms with Crippen molar-refractivity contribution in [3.63, 3.8) is 0 Å². The number of nitrogens with zero attached hydrogens (tertiary/aromatic N) is 1. The van der Waals surface area contributed by atoms with Gasteiger partial charge in [-0.05, 0) is 60.8 Å². The monoisotopic (exact) mass is 285 g/mol. The van der Waals surface area contributed by atoms with Crippen LogP contribution < -0.4 is 0 Å². The smallest absolute Gasteiger partial charge is 0.176 e. The summed E-state index contributed by atoms with van der Waals surface area (Å²) in [7, 11) is 0. The molecule has 0 saturated carbocycles. The van der Waals surface area contributed by atoms with Gasteiger partial charge in [-0.15, -0.1) is 0 Å². The highest BCUT2D eigenvalue weighted by molar-refractivity contribution is 5.97. The van der Waals surface area contributed by atoms with Crippen molar-refractivity contribution >= 4 is 5.78 Å². The minimum Gasteiger partial charge on any atom is -0.295 e. The lowest BCUT2D eigenvalue weighted by Crippen LogP contribution is -2.30. The van der Waals surface area contributed by atoms with Gasteiger partial charge in [-0.3, -0.25) is 9.69 Å². The fraction of sp³-hybridized carbons (Fsp3) is 0.632. The molecule has 1 aliphatic heterocycles. The number of hydrogen-bond acceptors (Lipinski definition) is 2. The molecular weight excluding hydrogens is 258 g/mol. The Balaban J connectivity index is 1.62. The van der Waals surface area contributed by atoms with Crippen LogP contribution in [-0.2, 0) is 12.8 Å². The molecule has 0 aromatic heterocycles. The molecule has 1 heterocycles. The third-order valence-electron chi connectivity index (χ3n) is 5.28. The summed E-state index contributed by atoms with van der Waals surface area (Å²) in [5.74, 6) is 1.00. The molecule has 21 heavy (non-hydrogen) atoms. The molecule has 2 heteroatoms. The number of fused-ring (bicyclic) bond motifs is 1. The van der Waals surface area contributed by atoms with Crippen LogP contribution in [0, 0.1) is 11.3 Å². The van der Waals surface area contributed by atoms with Crippen LogP contribution in [0.15, 0.2) is 18.2 Å². The summed E-state index contributed by atoms with van der Waals surface area (Å²) in [5.41, 5.74) is 4.11. The molecular formula is C19H27NO. The Morgan fingerprint density at radius 3 is 2.71 bits per heavy atom. The lowest BCUT2D eigenvalue weighted by molar-refractivity contribution is 0.0938. The summed E-state index contributed by atoms with van der Waals surface area (Å²) in [6, 6.07) is 6.34. The minimum absolute atomic E-state index is 0.291. The van der Waals surface area contributed by atoms with Crippen molar-refractivity contribution < 1.29 is 4.79 Å². The zero-order chi connectivity index (χ0) is 15.0.